The van der Waals surface area contributed by atoms with Gasteiger partial charge >= 0.3 is 5.97 Å². The zero-order chi connectivity index (χ0) is 12.5. The predicted octanol–water partition coefficient (Wildman–Crippen LogP) is 2.70. The summed E-state index contributed by atoms with van der Waals surface area (Å²) in [5, 5.41) is 12.3. The molecule has 0 bridgehead atoms. The van der Waals surface area contributed by atoms with Crippen LogP contribution in [-0.4, -0.2) is 16.2 Å². The van der Waals surface area contributed by atoms with Crippen molar-refractivity contribution in [3.63, 3.8) is 0 Å². The van der Waals surface area contributed by atoms with Gasteiger partial charge in [0.05, 0.1) is 5.41 Å². The van der Waals surface area contributed by atoms with E-state index in [2.05, 4.69) is 5.16 Å². The van der Waals surface area contributed by atoms with E-state index in [4.69, 9.17) is 9.63 Å². The van der Waals surface area contributed by atoms with Crippen LogP contribution < -0.4 is 0 Å². The van der Waals surface area contributed by atoms with Crippen LogP contribution in [0.15, 0.2) is 40.9 Å². The van der Waals surface area contributed by atoms with E-state index >= 15 is 0 Å². The number of benzene rings is 1. The Morgan fingerprint density at radius 2 is 1.94 bits per heavy atom. The van der Waals surface area contributed by atoms with Crippen LogP contribution in [0.3, 0.4) is 0 Å². The first-order valence-corrected chi connectivity index (χ1v) is 5.28. The number of aromatic carboxylic acids is 1. The molecule has 0 saturated carbocycles. The summed E-state index contributed by atoms with van der Waals surface area (Å²) in [6.07, 6.45) is 0. The maximum atomic E-state index is 10.8. The highest BCUT2D eigenvalue weighted by Crippen LogP contribution is 2.31. The van der Waals surface area contributed by atoms with Crippen molar-refractivity contribution in [2.75, 3.05) is 0 Å². The van der Waals surface area contributed by atoms with Crippen molar-refractivity contribution >= 4 is 5.97 Å². The van der Waals surface area contributed by atoms with Crippen LogP contribution in [0.4, 0.5) is 0 Å². The van der Waals surface area contributed by atoms with Gasteiger partial charge in [0.25, 0.3) is 0 Å². The van der Waals surface area contributed by atoms with Gasteiger partial charge in [0, 0.05) is 6.07 Å². The first kappa shape index (κ1) is 11.4. The second-order valence-corrected chi connectivity index (χ2v) is 4.37. The van der Waals surface area contributed by atoms with Gasteiger partial charge in [-0.1, -0.05) is 35.5 Å². The molecule has 0 amide bonds. The minimum absolute atomic E-state index is 0.0657. The summed E-state index contributed by atoms with van der Waals surface area (Å²) >= 11 is 0. The molecule has 17 heavy (non-hydrogen) atoms. The third-order valence-corrected chi connectivity index (χ3v) is 2.84. The average molecular weight is 231 g/mol. The summed E-state index contributed by atoms with van der Waals surface area (Å²) in [5.41, 5.74) is 0.583. The highest BCUT2D eigenvalue weighted by Gasteiger charge is 2.28. The molecule has 4 nitrogen and oxygen atoms in total. The number of nitrogens with zero attached hydrogens (tertiary/aromatic N) is 1. The molecule has 0 aliphatic carbocycles. The average Bonchev–Trinajstić information content (AvgIpc) is 2.80. The van der Waals surface area contributed by atoms with Crippen LogP contribution in [0.1, 0.15) is 35.7 Å². The molecule has 1 heterocycles. The van der Waals surface area contributed by atoms with Gasteiger partial charge in [-0.05, 0) is 19.4 Å². The van der Waals surface area contributed by atoms with Crippen LogP contribution in [0.5, 0.6) is 0 Å². The Morgan fingerprint density at radius 1 is 1.29 bits per heavy atom. The van der Waals surface area contributed by atoms with Crippen molar-refractivity contribution in [1.29, 1.82) is 0 Å². The molecule has 1 N–H and O–H groups in total. The van der Waals surface area contributed by atoms with Crippen LogP contribution in [0.25, 0.3) is 0 Å². The molecule has 88 valence electrons. The minimum Gasteiger partial charge on any atom is -0.476 e. The summed E-state index contributed by atoms with van der Waals surface area (Å²) in [6.45, 7) is 3.93. The number of rotatable bonds is 3. The molecular weight excluding hydrogens is 218 g/mol. The predicted molar refractivity (Wildman–Crippen MR) is 62.0 cm³/mol. The number of carboxylic acid groups (broad SMARTS) is 1. The first-order chi connectivity index (χ1) is 8.01. The molecular formula is C13H13NO3. The first-order valence-electron chi connectivity index (χ1n) is 5.28. The van der Waals surface area contributed by atoms with Crippen molar-refractivity contribution < 1.29 is 14.4 Å². The highest BCUT2D eigenvalue weighted by atomic mass is 16.5. The molecule has 2 rings (SSSR count). The molecule has 0 aliphatic heterocycles. The second-order valence-electron chi connectivity index (χ2n) is 4.37. The summed E-state index contributed by atoms with van der Waals surface area (Å²) in [4.78, 5) is 10.8. The number of carbonyl (C=O) groups is 1. The molecule has 0 atom stereocenters. The number of aromatic nitrogens is 1. The normalized spacial score (nSPS) is 11.4. The molecule has 0 unspecified atom stereocenters. The van der Waals surface area contributed by atoms with Gasteiger partial charge in [0.15, 0.2) is 5.69 Å². The van der Waals surface area contributed by atoms with Crippen LogP contribution in [0.2, 0.25) is 0 Å². The topological polar surface area (TPSA) is 63.3 Å². The number of hydrogen-bond donors (Lipinski definition) is 1. The molecule has 0 fully saturated rings. The summed E-state index contributed by atoms with van der Waals surface area (Å²) in [7, 11) is 0. The molecule has 4 heteroatoms. The number of hydrogen-bond acceptors (Lipinski definition) is 3. The van der Waals surface area contributed by atoms with E-state index < -0.39 is 11.4 Å². The number of carboxylic acids is 1. The summed E-state index contributed by atoms with van der Waals surface area (Å²) < 4.78 is 5.11. The second kappa shape index (κ2) is 4.05. The third-order valence-electron chi connectivity index (χ3n) is 2.84. The Kier molecular flexibility index (Phi) is 2.71. The Labute approximate surface area is 98.9 Å². The van der Waals surface area contributed by atoms with E-state index in [1.807, 2.05) is 44.2 Å². The zero-order valence-corrected chi connectivity index (χ0v) is 9.68. The zero-order valence-electron chi connectivity index (χ0n) is 9.68. The molecule has 1 aromatic heterocycles. The van der Waals surface area contributed by atoms with Crippen molar-refractivity contribution in [3.05, 3.63) is 53.4 Å². The van der Waals surface area contributed by atoms with Crippen LogP contribution in [0, 0.1) is 0 Å². The monoisotopic (exact) mass is 231 g/mol. The Balaban J connectivity index is 2.41. The van der Waals surface area contributed by atoms with E-state index in [1.165, 1.54) is 6.07 Å². The minimum atomic E-state index is -1.08. The lowest BCUT2D eigenvalue weighted by molar-refractivity contribution is 0.0685. The van der Waals surface area contributed by atoms with E-state index in [0.717, 1.165) is 5.56 Å². The fourth-order valence-electron chi connectivity index (χ4n) is 1.67. The molecule has 0 aliphatic rings. The standard InChI is InChI=1S/C13H13NO3/c1-13(2,9-6-4-3-5-7-9)11-8-10(12(15)16)14-17-11/h3-8H,1-2H3,(H,15,16). The van der Waals surface area contributed by atoms with Gasteiger partial charge in [-0.25, -0.2) is 4.79 Å². The Morgan fingerprint density at radius 3 is 2.47 bits per heavy atom. The lowest BCUT2D eigenvalue weighted by atomic mass is 9.82. The molecule has 0 radical (unpaired) electrons. The largest absolute Gasteiger partial charge is 0.476 e. The summed E-state index contributed by atoms with van der Waals surface area (Å²) in [5.74, 6) is -0.537. The van der Waals surface area contributed by atoms with E-state index in [-0.39, 0.29) is 5.69 Å². The smallest absolute Gasteiger partial charge is 0.358 e. The van der Waals surface area contributed by atoms with Gasteiger partial charge in [-0.15, -0.1) is 0 Å². The van der Waals surface area contributed by atoms with E-state index in [1.54, 1.807) is 0 Å². The van der Waals surface area contributed by atoms with Gasteiger partial charge in [-0.2, -0.15) is 0 Å². The Bertz CT molecular complexity index is 529. The van der Waals surface area contributed by atoms with Crippen molar-refractivity contribution in [2.45, 2.75) is 19.3 Å². The van der Waals surface area contributed by atoms with Gasteiger partial charge in [-0.3, -0.25) is 0 Å². The van der Waals surface area contributed by atoms with Crippen LogP contribution in [-0.2, 0) is 5.41 Å². The van der Waals surface area contributed by atoms with Crippen molar-refractivity contribution in [2.24, 2.45) is 0 Å². The molecule has 1 aromatic carbocycles. The van der Waals surface area contributed by atoms with Gasteiger partial charge < -0.3 is 9.63 Å². The van der Waals surface area contributed by atoms with Crippen molar-refractivity contribution in [3.8, 4) is 0 Å². The molecule has 0 spiro atoms. The Hall–Kier alpha value is -2.10. The van der Waals surface area contributed by atoms with E-state index in [0.29, 0.717) is 5.76 Å². The maximum Gasteiger partial charge on any atom is 0.358 e. The fraction of sp³-hybridized carbons (Fsp3) is 0.231. The lowest BCUT2D eigenvalue weighted by Gasteiger charge is -2.21. The van der Waals surface area contributed by atoms with Crippen molar-refractivity contribution in [1.82, 2.24) is 5.16 Å². The quantitative estimate of drug-likeness (QED) is 0.882. The fourth-order valence-corrected chi connectivity index (χ4v) is 1.67. The highest BCUT2D eigenvalue weighted by molar-refractivity contribution is 5.85. The lowest BCUT2D eigenvalue weighted by Crippen LogP contribution is -2.17. The molecule has 2 aromatic rings. The van der Waals surface area contributed by atoms with Gasteiger partial charge in [0.1, 0.15) is 5.76 Å². The molecule has 0 saturated heterocycles. The maximum absolute atomic E-state index is 10.8. The van der Waals surface area contributed by atoms with E-state index in [9.17, 15) is 4.79 Å². The van der Waals surface area contributed by atoms with Crippen LogP contribution >= 0.6 is 0 Å². The van der Waals surface area contributed by atoms with Gasteiger partial charge in [0.2, 0.25) is 0 Å². The summed E-state index contributed by atoms with van der Waals surface area (Å²) in [6, 6.07) is 11.2. The SMILES string of the molecule is CC(C)(c1ccccc1)c1cc(C(=O)O)no1. The third kappa shape index (κ3) is 2.06.